The summed E-state index contributed by atoms with van der Waals surface area (Å²) in [7, 11) is 0. The molecule has 0 N–H and O–H groups in total. The van der Waals surface area contributed by atoms with Gasteiger partial charge in [-0.1, -0.05) is 19.1 Å². The van der Waals surface area contributed by atoms with Gasteiger partial charge in [-0.3, -0.25) is 4.90 Å². The van der Waals surface area contributed by atoms with E-state index in [1.165, 1.54) is 11.3 Å². The van der Waals surface area contributed by atoms with Gasteiger partial charge in [0.1, 0.15) is 0 Å². The molecule has 0 bridgehead atoms. The summed E-state index contributed by atoms with van der Waals surface area (Å²) < 4.78 is 0. The predicted molar refractivity (Wildman–Crippen MR) is 74.7 cm³/mol. The molecular weight excluding hydrogens is 222 g/mol. The van der Waals surface area contributed by atoms with E-state index < -0.39 is 0 Å². The molecule has 0 spiro atoms. The zero-order valence-electron chi connectivity index (χ0n) is 11.3. The van der Waals surface area contributed by atoms with E-state index in [2.05, 4.69) is 54.0 Å². The first-order chi connectivity index (χ1) is 8.74. The highest BCUT2D eigenvalue weighted by Crippen LogP contribution is 2.18. The van der Waals surface area contributed by atoms with Crippen molar-refractivity contribution in [2.45, 2.75) is 26.3 Å². The van der Waals surface area contributed by atoms with Gasteiger partial charge in [-0.2, -0.15) is 5.26 Å². The van der Waals surface area contributed by atoms with Crippen LogP contribution in [0.25, 0.3) is 0 Å². The number of aryl methyl sites for hydroxylation is 1. The highest BCUT2D eigenvalue weighted by atomic mass is 15.3. The SMILES string of the molecule is CCC(C#N)N1CCN(c2cccc(C)c2)CC1. The second-order valence-electron chi connectivity index (χ2n) is 4.92. The van der Waals surface area contributed by atoms with Crippen LogP contribution in [0.2, 0.25) is 0 Å². The van der Waals surface area contributed by atoms with Gasteiger partial charge in [-0.15, -0.1) is 0 Å². The van der Waals surface area contributed by atoms with E-state index in [1.54, 1.807) is 0 Å². The van der Waals surface area contributed by atoms with Crippen molar-refractivity contribution in [2.75, 3.05) is 31.1 Å². The van der Waals surface area contributed by atoms with Crippen LogP contribution in [0.4, 0.5) is 5.69 Å². The van der Waals surface area contributed by atoms with Gasteiger partial charge in [-0.05, 0) is 31.0 Å². The second kappa shape index (κ2) is 5.88. The van der Waals surface area contributed by atoms with Gasteiger partial charge in [0.05, 0.1) is 12.1 Å². The van der Waals surface area contributed by atoms with Gasteiger partial charge in [0.2, 0.25) is 0 Å². The van der Waals surface area contributed by atoms with Crippen LogP contribution in [-0.2, 0) is 0 Å². The minimum atomic E-state index is 0.0876. The number of anilines is 1. The lowest BCUT2D eigenvalue weighted by Crippen LogP contribution is -2.49. The average molecular weight is 243 g/mol. The number of hydrogen-bond acceptors (Lipinski definition) is 3. The van der Waals surface area contributed by atoms with Crippen LogP contribution in [-0.4, -0.2) is 37.1 Å². The number of hydrogen-bond donors (Lipinski definition) is 0. The smallest absolute Gasteiger partial charge is 0.0976 e. The molecule has 3 heteroatoms. The predicted octanol–water partition coefficient (Wildman–Crippen LogP) is 2.42. The Bertz CT molecular complexity index is 428. The summed E-state index contributed by atoms with van der Waals surface area (Å²) in [5, 5.41) is 9.09. The standard InChI is InChI=1S/C15H21N3/c1-3-14(12-16)17-7-9-18(10-8-17)15-6-4-5-13(2)11-15/h4-6,11,14H,3,7-10H2,1-2H3. The lowest BCUT2D eigenvalue weighted by molar-refractivity contribution is 0.216. The van der Waals surface area contributed by atoms with E-state index in [4.69, 9.17) is 5.26 Å². The minimum absolute atomic E-state index is 0.0876. The van der Waals surface area contributed by atoms with Crippen LogP contribution in [0.15, 0.2) is 24.3 Å². The Morgan fingerprint density at radius 1 is 1.28 bits per heavy atom. The molecule has 0 radical (unpaired) electrons. The van der Waals surface area contributed by atoms with E-state index in [0.717, 1.165) is 32.6 Å². The molecule has 0 saturated carbocycles. The van der Waals surface area contributed by atoms with E-state index in [-0.39, 0.29) is 6.04 Å². The summed E-state index contributed by atoms with van der Waals surface area (Å²) in [6.45, 7) is 8.21. The molecule has 1 saturated heterocycles. The molecule has 1 aliphatic heterocycles. The lowest BCUT2D eigenvalue weighted by Gasteiger charge is -2.38. The molecule has 1 unspecified atom stereocenters. The minimum Gasteiger partial charge on any atom is -0.369 e. The first kappa shape index (κ1) is 12.9. The fourth-order valence-electron chi connectivity index (χ4n) is 2.55. The molecule has 0 aromatic heterocycles. The van der Waals surface area contributed by atoms with E-state index >= 15 is 0 Å². The van der Waals surface area contributed by atoms with Gasteiger partial charge in [-0.25, -0.2) is 0 Å². The van der Waals surface area contributed by atoms with Crippen molar-refractivity contribution in [1.29, 1.82) is 5.26 Å². The van der Waals surface area contributed by atoms with E-state index in [9.17, 15) is 0 Å². The topological polar surface area (TPSA) is 30.3 Å². The third-order valence-corrected chi connectivity index (χ3v) is 3.66. The first-order valence-corrected chi connectivity index (χ1v) is 6.70. The summed E-state index contributed by atoms with van der Waals surface area (Å²) >= 11 is 0. The monoisotopic (exact) mass is 243 g/mol. The number of benzene rings is 1. The van der Waals surface area contributed by atoms with E-state index in [1.807, 2.05) is 0 Å². The molecule has 96 valence electrons. The Balaban J connectivity index is 1.97. The fourth-order valence-corrected chi connectivity index (χ4v) is 2.55. The lowest BCUT2D eigenvalue weighted by atomic mass is 10.1. The van der Waals surface area contributed by atoms with Crippen LogP contribution in [0.1, 0.15) is 18.9 Å². The zero-order valence-corrected chi connectivity index (χ0v) is 11.3. The normalized spacial score (nSPS) is 18.4. The molecule has 1 heterocycles. The molecule has 1 aromatic rings. The van der Waals surface area contributed by atoms with Gasteiger partial charge in [0.15, 0.2) is 0 Å². The molecule has 1 atom stereocenters. The van der Waals surface area contributed by atoms with Crippen LogP contribution in [0.5, 0.6) is 0 Å². The molecule has 18 heavy (non-hydrogen) atoms. The highest BCUT2D eigenvalue weighted by Gasteiger charge is 2.22. The molecule has 1 fully saturated rings. The molecule has 2 rings (SSSR count). The largest absolute Gasteiger partial charge is 0.369 e. The number of piperazine rings is 1. The van der Waals surface area contributed by atoms with Crippen molar-refractivity contribution in [3.8, 4) is 6.07 Å². The van der Waals surface area contributed by atoms with Crippen molar-refractivity contribution in [1.82, 2.24) is 4.90 Å². The summed E-state index contributed by atoms with van der Waals surface area (Å²) in [6, 6.07) is 11.1. The third kappa shape index (κ3) is 2.83. The molecule has 0 amide bonds. The van der Waals surface area contributed by atoms with Crippen molar-refractivity contribution in [2.24, 2.45) is 0 Å². The van der Waals surface area contributed by atoms with Gasteiger partial charge in [0, 0.05) is 31.9 Å². The molecular formula is C15H21N3. The Hall–Kier alpha value is -1.53. The maximum Gasteiger partial charge on any atom is 0.0976 e. The Morgan fingerprint density at radius 2 is 2.00 bits per heavy atom. The maximum atomic E-state index is 9.09. The van der Waals surface area contributed by atoms with Crippen molar-refractivity contribution in [3.63, 3.8) is 0 Å². The fraction of sp³-hybridized carbons (Fsp3) is 0.533. The Labute approximate surface area is 110 Å². The number of rotatable bonds is 3. The Kier molecular flexibility index (Phi) is 4.22. The number of nitriles is 1. The summed E-state index contributed by atoms with van der Waals surface area (Å²) in [5.74, 6) is 0. The summed E-state index contributed by atoms with van der Waals surface area (Å²) in [5.41, 5.74) is 2.61. The van der Waals surface area contributed by atoms with E-state index in [0.29, 0.717) is 0 Å². The average Bonchev–Trinajstić information content (AvgIpc) is 2.41. The molecule has 0 aliphatic carbocycles. The quantitative estimate of drug-likeness (QED) is 0.816. The van der Waals surface area contributed by atoms with Crippen LogP contribution in [0.3, 0.4) is 0 Å². The summed E-state index contributed by atoms with van der Waals surface area (Å²) in [4.78, 5) is 4.71. The first-order valence-electron chi connectivity index (χ1n) is 6.70. The van der Waals surface area contributed by atoms with Crippen LogP contribution in [0, 0.1) is 18.3 Å². The number of nitrogens with zero attached hydrogens (tertiary/aromatic N) is 3. The van der Waals surface area contributed by atoms with Crippen molar-refractivity contribution in [3.05, 3.63) is 29.8 Å². The summed E-state index contributed by atoms with van der Waals surface area (Å²) in [6.07, 6.45) is 0.918. The second-order valence-corrected chi connectivity index (χ2v) is 4.92. The highest BCUT2D eigenvalue weighted by molar-refractivity contribution is 5.48. The third-order valence-electron chi connectivity index (χ3n) is 3.66. The van der Waals surface area contributed by atoms with Gasteiger partial charge < -0.3 is 4.90 Å². The van der Waals surface area contributed by atoms with Crippen LogP contribution >= 0.6 is 0 Å². The molecule has 3 nitrogen and oxygen atoms in total. The molecule has 1 aromatic carbocycles. The maximum absolute atomic E-state index is 9.09. The van der Waals surface area contributed by atoms with Gasteiger partial charge >= 0.3 is 0 Å². The molecule has 1 aliphatic rings. The van der Waals surface area contributed by atoms with Gasteiger partial charge in [0.25, 0.3) is 0 Å². The van der Waals surface area contributed by atoms with Crippen molar-refractivity contribution >= 4 is 5.69 Å². The zero-order chi connectivity index (χ0) is 13.0. The Morgan fingerprint density at radius 3 is 2.56 bits per heavy atom. The van der Waals surface area contributed by atoms with Crippen LogP contribution < -0.4 is 4.90 Å². The van der Waals surface area contributed by atoms with Crippen molar-refractivity contribution < 1.29 is 0 Å².